The van der Waals surface area contributed by atoms with E-state index in [9.17, 15) is 23.1 Å². The molecule has 11 heteroatoms. The van der Waals surface area contributed by atoms with E-state index in [1.165, 1.54) is 24.4 Å². The van der Waals surface area contributed by atoms with Gasteiger partial charge in [0.25, 0.3) is 17.6 Å². The number of aromatic nitrogens is 3. The number of aliphatic hydroxyl groups excluding tert-OH is 1. The van der Waals surface area contributed by atoms with Crippen LogP contribution in [0.25, 0.3) is 22.3 Å². The van der Waals surface area contributed by atoms with E-state index in [-0.39, 0.29) is 22.3 Å². The van der Waals surface area contributed by atoms with Gasteiger partial charge in [0.1, 0.15) is 6.61 Å². The maximum absolute atomic E-state index is 15.2. The lowest BCUT2D eigenvalue weighted by Gasteiger charge is -2.20. The van der Waals surface area contributed by atoms with Crippen molar-refractivity contribution < 1.29 is 32.0 Å². The van der Waals surface area contributed by atoms with Gasteiger partial charge in [0.2, 0.25) is 5.82 Å². The van der Waals surface area contributed by atoms with Gasteiger partial charge in [-0.1, -0.05) is 23.4 Å². The third-order valence-electron chi connectivity index (χ3n) is 4.58. The number of hydrogen-bond donors (Lipinski definition) is 3. The topological polar surface area (TPSA) is 104 Å². The minimum atomic E-state index is -4.56. The number of amides is 1. The molecule has 31 heavy (non-hydrogen) atoms. The van der Waals surface area contributed by atoms with Crippen LogP contribution >= 0.6 is 0 Å². The number of carbonyl (C=O) groups is 1. The average molecular weight is 434 g/mol. The van der Waals surface area contributed by atoms with E-state index < -0.39 is 35.9 Å². The van der Waals surface area contributed by atoms with Crippen molar-refractivity contribution in [2.75, 3.05) is 6.61 Å². The van der Waals surface area contributed by atoms with Gasteiger partial charge in [-0.05, 0) is 30.3 Å². The minimum absolute atomic E-state index is 0.130. The van der Waals surface area contributed by atoms with Crippen molar-refractivity contribution in [2.24, 2.45) is 0 Å². The Kier molecular flexibility index (Phi) is 4.97. The summed E-state index contributed by atoms with van der Waals surface area (Å²) in [7, 11) is 0. The van der Waals surface area contributed by atoms with E-state index in [2.05, 4.69) is 15.1 Å². The molecule has 0 saturated heterocycles. The number of nitrogens with zero attached hydrogens (tertiary/aromatic N) is 2. The zero-order chi connectivity index (χ0) is 22.2. The highest BCUT2D eigenvalue weighted by atomic mass is 19.4. The standard InChI is InChI=1S/C20H14F4N4O3/c21-19(10-29,27-17(30)11-4-2-1-3-5-11)18-26-16(28-31-18)14-9-25-15-7-6-12(8-13(14)15)20(22,23)24/h1-9,25,29H,10H2,(H,27,30)/t19-/m1/s1. The molecule has 0 fully saturated rings. The molecule has 0 aliphatic heterocycles. The molecule has 2 aromatic carbocycles. The number of benzene rings is 2. The second-order valence-electron chi connectivity index (χ2n) is 6.66. The van der Waals surface area contributed by atoms with Crippen molar-refractivity contribution >= 4 is 16.8 Å². The van der Waals surface area contributed by atoms with Crippen molar-refractivity contribution in [1.29, 1.82) is 0 Å². The van der Waals surface area contributed by atoms with Gasteiger partial charge in [-0.3, -0.25) is 4.79 Å². The molecule has 0 bridgehead atoms. The summed E-state index contributed by atoms with van der Waals surface area (Å²) in [6.45, 7) is -1.21. The molecular weight excluding hydrogens is 420 g/mol. The van der Waals surface area contributed by atoms with Crippen LogP contribution in [0.4, 0.5) is 17.6 Å². The van der Waals surface area contributed by atoms with Crippen LogP contribution in [-0.2, 0) is 12.0 Å². The molecular formula is C20H14F4N4O3. The highest BCUT2D eigenvalue weighted by molar-refractivity contribution is 5.95. The molecule has 7 nitrogen and oxygen atoms in total. The number of hydrogen-bond acceptors (Lipinski definition) is 5. The van der Waals surface area contributed by atoms with Crippen LogP contribution in [0.1, 0.15) is 21.8 Å². The molecule has 2 heterocycles. The molecule has 160 valence electrons. The van der Waals surface area contributed by atoms with Gasteiger partial charge in [0, 0.05) is 28.2 Å². The van der Waals surface area contributed by atoms with Gasteiger partial charge < -0.3 is 19.9 Å². The number of fused-ring (bicyclic) bond motifs is 1. The summed E-state index contributed by atoms with van der Waals surface area (Å²) in [5.74, 6) is -4.71. The van der Waals surface area contributed by atoms with Crippen LogP contribution in [0, 0.1) is 0 Å². The van der Waals surface area contributed by atoms with E-state index in [0.717, 1.165) is 12.1 Å². The van der Waals surface area contributed by atoms with Crippen LogP contribution in [0.5, 0.6) is 0 Å². The van der Waals surface area contributed by atoms with E-state index >= 15 is 4.39 Å². The van der Waals surface area contributed by atoms with Crippen molar-refractivity contribution in [3.63, 3.8) is 0 Å². The number of alkyl halides is 4. The lowest BCUT2D eigenvalue weighted by molar-refractivity contribution is -0.137. The van der Waals surface area contributed by atoms with Gasteiger partial charge in [-0.15, -0.1) is 0 Å². The molecule has 2 aromatic heterocycles. The molecule has 0 saturated carbocycles. The zero-order valence-electron chi connectivity index (χ0n) is 15.6. The zero-order valence-corrected chi connectivity index (χ0v) is 15.6. The van der Waals surface area contributed by atoms with Gasteiger partial charge in [0.05, 0.1) is 5.56 Å². The Morgan fingerprint density at radius 2 is 1.87 bits per heavy atom. The van der Waals surface area contributed by atoms with E-state index in [1.807, 2.05) is 5.32 Å². The Labute approximate surface area is 171 Å². The fourth-order valence-corrected chi connectivity index (χ4v) is 2.98. The molecule has 0 radical (unpaired) electrons. The van der Waals surface area contributed by atoms with Crippen LogP contribution in [0.15, 0.2) is 59.3 Å². The molecule has 4 aromatic rings. The number of halogens is 4. The first-order valence-corrected chi connectivity index (χ1v) is 8.91. The SMILES string of the molecule is O=C(N[C@](F)(CO)c1nc(-c2c[nH]c3ccc(C(F)(F)F)cc23)no1)c1ccccc1. The Bertz CT molecular complexity index is 1240. The quantitative estimate of drug-likeness (QED) is 0.328. The van der Waals surface area contributed by atoms with Crippen molar-refractivity contribution in [1.82, 2.24) is 20.4 Å². The molecule has 1 amide bonds. The van der Waals surface area contributed by atoms with Crippen LogP contribution in [0.3, 0.4) is 0 Å². The first kappa shape index (κ1) is 20.5. The van der Waals surface area contributed by atoms with Gasteiger partial charge in [0.15, 0.2) is 0 Å². The molecule has 0 spiro atoms. The van der Waals surface area contributed by atoms with Gasteiger partial charge in [-0.2, -0.15) is 18.2 Å². The molecule has 0 aliphatic rings. The van der Waals surface area contributed by atoms with E-state index in [4.69, 9.17) is 4.52 Å². The third-order valence-corrected chi connectivity index (χ3v) is 4.58. The largest absolute Gasteiger partial charge is 0.416 e. The molecule has 0 unspecified atom stereocenters. The Morgan fingerprint density at radius 3 is 2.55 bits per heavy atom. The summed E-state index contributed by atoms with van der Waals surface area (Å²) in [5.41, 5.74) is -0.241. The van der Waals surface area contributed by atoms with Crippen LogP contribution < -0.4 is 5.32 Å². The minimum Gasteiger partial charge on any atom is -0.390 e. The predicted octanol–water partition coefficient (Wildman–Crippen LogP) is 3.78. The van der Waals surface area contributed by atoms with E-state index in [1.54, 1.807) is 18.2 Å². The summed E-state index contributed by atoms with van der Waals surface area (Å²) < 4.78 is 59.3. The number of carbonyl (C=O) groups excluding carboxylic acids is 1. The molecule has 4 rings (SSSR count). The summed E-state index contributed by atoms with van der Waals surface area (Å²) in [6, 6.07) is 10.8. The Morgan fingerprint density at radius 1 is 1.13 bits per heavy atom. The highest BCUT2D eigenvalue weighted by Gasteiger charge is 2.40. The number of aromatic amines is 1. The first-order chi connectivity index (χ1) is 14.7. The number of nitrogens with one attached hydrogen (secondary N) is 2. The fraction of sp³-hybridized carbons (Fsp3) is 0.150. The molecule has 0 aliphatic carbocycles. The fourth-order valence-electron chi connectivity index (χ4n) is 2.98. The maximum Gasteiger partial charge on any atom is 0.416 e. The highest BCUT2D eigenvalue weighted by Crippen LogP contribution is 2.35. The van der Waals surface area contributed by atoms with E-state index in [0.29, 0.717) is 5.52 Å². The Hall–Kier alpha value is -3.73. The first-order valence-electron chi connectivity index (χ1n) is 8.91. The summed E-state index contributed by atoms with van der Waals surface area (Å²) in [4.78, 5) is 18.9. The average Bonchev–Trinajstić information content (AvgIpc) is 3.40. The monoisotopic (exact) mass is 434 g/mol. The van der Waals surface area contributed by atoms with Crippen molar-refractivity contribution in [3.8, 4) is 11.4 Å². The van der Waals surface area contributed by atoms with Crippen LogP contribution in [0.2, 0.25) is 0 Å². The smallest absolute Gasteiger partial charge is 0.390 e. The third kappa shape index (κ3) is 3.87. The normalized spacial score (nSPS) is 13.8. The lowest BCUT2D eigenvalue weighted by Crippen LogP contribution is -2.45. The maximum atomic E-state index is 15.2. The van der Waals surface area contributed by atoms with Crippen molar-refractivity contribution in [2.45, 2.75) is 12.0 Å². The summed E-state index contributed by atoms with van der Waals surface area (Å²) in [5, 5.41) is 15.3. The van der Waals surface area contributed by atoms with Gasteiger partial charge >= 0.3 is 6.18 Å². The second kappa shape index (κ2) is 7.51. The number of rotatable bonds is 5. The Balaban J connectivity index is 1.67. The predicted molar refractivity (Wildman–Crippen MR) is 100 cm³/mol. The lowest BCUT2D eigenvalue weighted by atomic mass is 10.1. The molecule has 1 atom stereocenters. The summed E-state index contributed by atoms with van der Waals surface area (Å²) in [6.07, 6.45) is -3.21. The number of aliphatic hydroxyl groups is 1. The molecule has 3 N–H and O–H groups in total. The second-order valence-corrected chi connectivity index (χ2v) is 6.66. The van der Waals surface area contributed by atoms with Gasteiger partial charge in [-0.25, -0.2) is 4.39 Å². The van der Waals surface area contributed by atoms with Crippen molar-refractivity contribution in [3.05, 3.63) is 71.7 Å². The number of H-pyrrole nitrogens is 1. The van der Waals surface area contributed by atoms with Crippen LogP contribution in [-0.4, -0.2) is 32.7 Å². The summed E-state index contributed by atoms with van der Waals surface area (Å²) >= 11 is 0.